The lowest BCUT2D eigenvalue weighted by Crippen LogP contribution is -2.32. The van der Waals surface area contributed by atoms with E-state index in [1.54, 1.807) is 23.9 Å². The Morgan fingerprint density at radius 1 is 1.29 bits per heavy atom. The van der Waals surface area contributed by atoms with Crippen molar-refractivity contribution < 1.29 is 27.9 Å². The SMILES string of the molecule is O=C(O)C(F)(F)F.O=C(c1ccc2nc[nH]c2c1)N(Cc1nccs1)C1CC1. The second kappa shape index (κ2) is 7.97. The number of carboxylic acid groups (broad SMARTS) is 1. The van der Waals surface area contributed by atoms with E-state index in [1.165, 1.54) is 0 Å². The van der Waals surface area contributed by atoms with Crippen molar-refractivity contribution in [1.29, 1.82) is 0 Å². The lowest BCUT2D eigenvalue weighted by Gasteiger charge is -2.21. The third-order valence-corrected chi connectivity index (χ3v) is 4.71. The second-order valence-corrected chi connectivity index (χ2v) is 7.01. The standard InChI is InChI=1S/C15H14N4OS.C2HF3O2/c20-15(10-1-4-12-13(7-10)18-9-17-12)19(11-2-3-11)8-14-16-5-6-21-14;3-2(4,5)1(6)7/h1,4-7,9,11H,2-3,8H2,(H,17,18);(H,6,7). The number of alkyl halides is 3. The summed E-state index contributed by atoms with van der Waals surface area (Å²) in [5.41, 5.74) is 2.48. The van der Waals surface area contributed by atoms with Crippen LogP contribution in [0.1, 0.15) is 28.2 Å². The number of nitrogens with zero attached hydrogens (tertiary/aromatic N) is 3. The lowest BCUT2D eigenvalue weighted by molar-refractivity contribution is -0.192. The van der Waals surface area contributed by atoms with E-state index in [4.69, 9.17) is 9.90 Å². The number of aliphatic carboxylic acids is 1. The van der Waals surface area contributed by atoms with Gasteiger partial charge >= 0.3 is 12.1 Å². The number of halogens is 3. The number of hydrogen-bond acceptors (Lipinski definition) is 5. The van der Waals surface area contributed by atoms with Crippen molar-refractivity contribution in [2.24, 2.45) is 0 Å². The topological polar surface area (TPSA) is 99.2 Å². The van der Waals surface area contributed by atoms with Crippen LogP contribution < -0.4 is 0 Å². The molecule has 0 saturated heterocycles. The number of aromatic amines is 1. The Bertz CT molecular complexity index is 968. The van der Waals surface area contributed by atoms with Crippen LogP contribution >= 0.6 is 11.3 Å². The smallest absolute Gasteiger partial charge is 0.475 e. The number of fused-ring (bicyclic) bond motifs is 1. The number of hydrogen-bond donors (Lipinski definition) is 2. The zero-order chi connectivity index (χ0) is 20.3. The first-order valence-corrected chi connectivity index (χ1v) is 9.06. The summed E-state index contributed by atoms with van der Waals surface area (Å²) in [6.07, 6.45) is 0.520. The number of imidazole rings is 1. The number of carboxylic acids is 1. The minimum Gasteiger partial charge on any atom is -0.475 e. The first kappa shape index (κ1) is 19.8. The number of H-pyrrole nitrogens is 1. The molecule has 3 aromatic rings. The zero-order valence-electron chi connectivity index (χ0n) is 14.3. The van der Waals surface area contributed by atoms with Crippen LogP contribution in [0.15, 0.2) is 36.1 Å². The Labute approximate surface area is 160 Å². The monoisotopic (exact) mass is 412 g/mol. The molecule has 28 heavy (non-hydrogen) atoms. The fraction of sp³-hybridized carbons (Fsp3) is 0.294. The van der Waals surface area contributed by atoms with Gasteiger partial charge < -0.3 is 15.0 Å². The Hall–Kier alpha value is -2.95. The molecule has 0 bridgehead atoms. The Morgan fingerprint density at radius 2 is 2.00 bits per heavy atom. The van der Waals surface area contributed by atoms with Crippen LogP contribution in [0.5, 0.6) is 0 Å². The van der Waals surface area contributed by atoms with Gasteiger partial charge in [0.1, 0.15) is 5.01 Å². The van der Waals surface area contributed by atoms with Gasteiger partial charge in [0, 0.05) is 23.2 Å². The molecule has 0 radical (unpaired) electrons. The summed E-state index contributed by atoms with van der Waals surface area (Å²) in [4.78, 5) is 35.2. The van der Waals surface area contributed by atoms with Crippen LogP contribution in [-0.4, -0.2) is 49.1 Å². The number of carbonyl (C=O) groups excluding carboxylic acids is 1. The van der Waals surface area contributed by atoms with Gasteiger partial charge in [0.25, 0.3) is 5.91 Å². The Balaban J connectivity index is 0.000000279. The van der Waals surface area contributed by atoms with Crippen LogP contribution in [0.3, 0.4) is 0 Å². The molecule has 11 heteroatoms. The van der Waals surface area contributed by atoms with Crippen molar-refractivity contribution >= 4 is 34.2 Å². The lowest BCUT2D eigenvalue weighted by atomic mass is 10.1. The molecule has 2 N–H and O–H groups in total. The quantitative estimate of drug-likeness (QED) is 0.684. The normalized spacial score (nSPS) is 13.7. The number of rotatable bonds is 4. The third kappa shape index (κ3) is 4.85. The molecule has 7 nitrogen and oxygen atoms in total. The third-order valence-electron chi connectivity index (χ3n) is 3.95. The Kier molecular flexibility index (Phi) is 5.63. The fourth-order valence-corrected chi connectivity index (χ4v) is 3.08. The van der Waals surface area contributed by atoms with Crippen LogP contribution in [-0.2, 0) is 11.3 Å². The highest BCUT2D eigenvalue weighted by molar-refractivity contribution is 7.09. The van der Waals surface area contributed by atoms with Gasteiger partial charge in [0.15, 0.2) is 0 Å². The van der Waals surface area contributed by atoms with Gasteiger partial charge in [-0.1, -0.05) is 0 Å². The maximum Gasteiger partial charge on any atom is 0.490 e. The van der Waals surface area contributed by atoms with Crippen molar-refractivity contribution in [3.05, 3.63) is 46.7 Å². The van der Waals surface area contributed by atoms with E-state index in [2.05, 4.69) is 15.0 Å². The second-order valence-electron chi connectivity index (χ2n) is 6.03. The molecule has 1 amide bonds. The minimum atomic E-state index is -5.08. The molecule has 4 rings (SSSR count). The Morgan fingerprint density at radius 3 is 2.57 bits per heavy atom. The van der Waals surface area contributed by atoms with Crippen LogP contribution in [0.2, 0.25) is 0 Å². The number of thiazole rings is 1. The van der Waals surface area contributed by atoms with E-state index in [9.17, 15) is 18.0 Å². The molecule has 1 fully saturated rings. The van der Waals surface area contributed by atoms with Crippen molar-refractivity contribution in [1.82, 2.24) is 19.9 Å². The molecule has 1 saturated carbocycles. The molecular formula is C17H15F3N4O3S. The number of aromatic nitrogens is 3. The van der Waals surface area contributed by atoms with E-state index in [1.807, 2.05) is 28.5 Å². The van der Waals surface area contributed by atoms with Gasteiger partial charge in [-0.05, 0) is 31.0 Å². The molecule has 2 heterocycles. The molecular weight excluding hydrogens is 397 g/mol. The molecule has 2 aromatic heterocycles. The van der Waals surface area contributed by atoms with Gasteiger partial charge in [-0.25, -0.2) is 14.8 Å². The van der Waals surface area contributed by atoms with Gasteiger partial charge in [0.2, 0.25) is 0 Å². The van der Waals surface area contributed by atoms with E-state index in [-0.39, 0.29) is 5.91 Å². The van der Waals surface area contributed by atoms with E-state index >= 15 is 0 Å². The average molecular weight is 412 g/mol. The molecule has 0 atom stereocenters. The maximum absolute atomic E-state index is 12.8. The molecule has 1 aliphatic carbocycles. The van der Waals surface area contributed by atoms with E-state index in [0.29, 0.717) is 18.2 Å². The molecule has 0 unspecified atom stereocenters. The molecule has 1 aromatic carbocycles. The summed E-state index contributed by atoms with van der Waals surface area (Å²) < 4.78 is 31.7. The van der Waals surface area contributed by atoms with Crippen LogP contribution in [0.4, 0.5) is 13.2 Å². The van der Waals surface area contributed by atoms with Gasteiger partial charge in [-0.15, -0.1) is 11.3 Å². The van der Waals surface area contributed by atoms with Crippen LogP contribution in [0, 0.1) is 0 Å². The summed E-state index contributed by atoms with van der Waals surface area (Å²) in [5, 5.41) is 10.1. The molecule has 0 spiro atoms. The van der Waals surface area contributed by atoms with E-state index < -0.39 is 12.1 Å². The number of benzene rings is 1. The summed E-state index contributed by atoms with van der Waals surface area (Å²) in [7, 11) is 0. The molecule has 1 aliphatic rings. The minimum absolute atomic E-state index is 0.0733. The average Bonchev–Trinajstić information content (AvgIpc) is 3.16. The summed E-state index contributed by atoms with van der Waals surface area (Å²) in [6.45, 7) is 0.599. The number of nitrogens with one attached hydrogen (secondary N) is 1. The van der Waals surface area contributed by atoms with Crippen LogP contribution in [0.25, 0.3) is 11.0 Å². The molecule has 148 valence electrons. The van der Waals surface area contributed by atoms with Gasteiger partial charge in [-0.3, -0.25) is 4.79 Å². The maximum atomic E-state index is 12.8. The zero-order valence-corrected chi connectivity index (χ0v) is 15.1. The summed E-state index contributed by atoms with van der Waals surface area (Å²) in [5.74, 6) is -2.68. The highest BCUT2D eigenvalue weighted by Gasteiger charge is 2.38. The summed E-state index contributed by atoms with van der Waals surface area (Å²) >= 11 is 1.59. The number of carbonyl (C=O) groups is 2. The van der Waals surface area contributed by atoms with Crippen molar-refractivity contribution in [2.75, 3.05) is 0 Å². The predicted octanol–water partition coefficient (Wildman–Crippen LogP) is 3.46. The highest BCUT2D eigenvalue weighted by Crippen LogP contribution is 2.30. The molecule has 0 aliphatic heterocycles. The highest BCUT2D eigenvalue weighted by atomic mass is 32.1. The van der Waals surface area contributed by atoms with Crippen molar-refractivity contribution in [3.8, 4) is 0 Å². The first-order valence-electron chi connectivity index (χ1n) is 8.18. The summed E-state index contributed by atoms with van der Waals surface area (Å²) in [6, 6.07) is 5.97. The van der Waals surface area contributed by atoms with Gasteiger partial charge in [-0.2, -0.15) is 13.2 Å². The number of amides is 1. The van der Waals surface area contributed by atoms with Crippen molar-refractivity contribution in [2.45, 2.75) is 31.6 Å². The van der Waals surface area contributed by atoms with Gasteiger partial charge in [0.05, 0.1) is 23.9 Å². The van der Waals surface area contributed by atoms with E-state index in [0.717, 1.165) is 28.9 Å². The fourth-order valence-electron chi connectivity index (χ4n) is 2.46. The first-order chi connectivity index (χ1) is 13.3. The van der Waals surface area contributed by atoms with Crippen molar-refractivity contribution in [3.63, 3.8) is 0 Å². The predicted molar refractivity (Wildman–Crippen MR) is 94.8 cm³/mol. The largest absolute Gasteiger partial charge is 0.490 e.